The van der Waals surface area contributed by atoms with Crippen molar-refractivity contribution in [3.8, 4) is 17.2 Å². The van der Waals surface area contributed by atoms with E-state index in [1.54, 1.807) is 48.3 Å². The van der Waals surface area contributed by atoms with Crippen molar-refractivity contribution in [1.29, 1.82) is 0 Å². The van der Waals surface area contributed by atoms with Crippen LogP contribution in [0.4, 0.5) is 0 Å². The van der Waals surface area contributed by atoms with Crippen molar-refractivity contribution in [2.45, 2.75) is 51.3 Å². The summed E-state index contributed by atoms with van der Waals surface area (Å²) in [6.07, 6.45) is 3.19. The molecule has 3 unspecified atom stereocenters. The van der Waals surface area contributed by atoms with Gasteiger partial charge in [-0.3, -0.25) is 14.4 Å². The zero-order chi connectivity index (χ0) is 31.7. The average molecular weight is 633 g/mol. The normalized spacial score (nSPS) is 20.8. The summed E-state index contributed by atoms with van der Waals surface area (Å²) >= 11 is 6.59. The molecule has 3 aromatic rings. The molecule has 9 nitrogen and oxygen atoms in total. The molecule has 2 amide bonds. The minimum absolute atomic E-state index is 0.00707. The summed E-state index contributed by atoms with van der Waals surface area (Å²) in [7, 11) is 3.11. The molecule has 6 rings (SSSR count). The molecule has 1 N–H and O–H groups in total. The second-order valence-electron chi connectivity index (χ2n) is 11.9. The minimum atomic E-state index is -0.625. The lowest BCUT2D eigenvalue weighted by Gasteiger charge is -2.42. The van der Waals surface area contributed by atoms with Crippen LogP contribution in [-0.4, -0.2) is 60.0 Å². The van der Waals surface area contributed by atoms with Gasteiger partial charge in [0, 0.05) is 47.4 Å². The average Bonchev–Trinajstić information content (AvgIpc) is 3.39. The van der Waals surface area contributed by atoms with E-state index in [2.05, 4.69) is 0 Å². The third-order valence-electron chi connectivity index (χ3n) is 9.41. The molecule has 1 saturated carbocycles. The maximum atomic E-state index is 14.5. The number of hydrogen-bond acceptors (Lipinski definition) is 7. The topological polar surface area (TPSA) is 106 Å². The van der Waals surface area contributed by atoms with Gasteiger partial charge in [-0.05, 0) is 60.7 Å². The zero-order valence-corrected chi connectivity index (χ0v) is 26.2. The van der Waals surface area contributed by atoms with Crippen molar-refractivity contribution in [2.24, 2.45) is 11.8 Å². The Morgan fingerprint density at radius 3 is 2.53 bits per heavy atom. The number of fused-ring (bicyclic) bond motifs is 2. The van der Waals surface area contributed by atoms with Crippen molar-refractivity contribution in [3.63, 3.8) is 0 Å². The fourth-order valence-corrected chi connectivity index (χ4v) is 7.33. The van der Waals surface area contributed by atoms with Gasteiger partial charge in [-0.2, -0.15) is 0 Å². The highest BCUT2D eigenvalue weighted by atomic mass is 35.5. The largest absolute Gasteiger partial charge is 0.508 e. The molecule has 3 aliphatic rings. The Kier molecular flexibility index (Phi) is 8.90. The van der Waals surface area contributed by atoms with Crippen molar-refractivity contribution in [3.05, 3.63) is 87.4 Å². The van der Waals surface area contributed by atoms with E-state index in [0.29, 0.717) is 65.6 Å². The van der Waals surface area contributed by atoms with Gasteiger partial charge in [0.2, 0.25) is 5.91 Å². The maximum absolute atomic E-state index is 14.5. The van der Waals surface area contributed by atoms with Crippen LogP contribution in [0.25, 0.3) is 0 Å². The molecule has 2 heterocycles. The lowest BCUT2D eigenvalue weighted by atomic mass is 9.77. The monoisotopic (exact) mass is 632 g/mol. The van der Waals surface area contributed by atoms with Gasteiger partial charge in [-0.15, -0.1) is 0 Å². The van der Waals surface area contributed by atoms with Crippen LogP contribution in [0.3, 0.4) is 0 Å². The van der Waals surface area contributed by atoms with Crippen LogP contribution in [0.2, 0.25) is 5.02 Å². The molecule has 236 valence electrons. The van der Waals surface area contributed by atoms with Gasteiger partial charge in [0.15, 0.2) is 0 Å². The molecule has 0 aromatic heterocycles. The third kappa shape index (κ3) is 5.93. The SMILES string of the molecule is COc1ccc(COC(=O)C2CCCCC2C(=O)N2CCc3c(Cl)ccc(O)c3C2CN2Cc3ccccc3C2=O)c(OC)c1. The van der Waals surface area contributed by atoms with Gasteiger partial charge in [-0.1, -0.05) is 42.6 Å². The number of aromatic hydroxyl groups is 1. The number of nitrogens with zero attached hydrogens (tertiary/aromatic N) is 2. The summed E-state index contributed by atoms with van der Waals surface area (Å²) in [5.74, 6) is -0.679. The molecule has 10 heteroatoms. The van der Waals surface area contributed by atoms with E-state index in [9.17, 15) is 19.5 Å². The fourth-order valence-electron chi connectivity index (χ4n) is 7.07. The van der Waals surface area contributed by atoms with E-state index in [-0.39, 0.29) is 30.7 Å². The highest BCUT2D eigenvalue weighted by molar-refractivity contribution is 6.31. The number of phenolic OH excluding ortho intramolecular Hbond substituents is 1. The first-order valence-electron chi connectivity index (χ1n) is 15.4. The Labute approximate surface area is 267 Å². The number of halogens is 1. The number of esters is 1. The Balaban J connectivity index is 1.25. The molecule has 0 bridgehead atoms. The van der Waals surface area contributed by atoms with Crippen LogP contribution >= 0.6 is 11.6 Å². The number of benzene rings is 3. The fraction of sp³-hybridized carbons (Fsp3) is 0.400. The molecular formula is C35H37ClN2O7. The van der Waals surface area contributed by atoms with Crippen LogP contribution in [0.15, 0.2) is 54.6 Å². The van der Waals surface area contributed by atoms with Gasteiger partial charge >= 0.3 is 5.97 Å². The lowest BCUT2D eigenvalue weighted by molar-refractivity contribution is -0.159. The highest BCUT2D eigenvalue weighted by Crippen LogP contribution is 2.43. The molecule has 2 aliphatic heterocycles. The summed E-state index contributed by atoms with van der Waals surface area (Å²) in [5.41, 5.74) is 3.61. The number of ether oxygens (including phenoxy) is 3. The van der Waals surface area contributed by atoms with Crippen LogP contribution < -0.4 is 9.47 Å². The Morgan fingerprint density at radius 1 is 1.00 bits per heavy atom. The molecule has 3 aromatic carbocycles. The van der Waals surface area contributed by atoms with Crippen LogP contribution in [0.5, 0.6) is 17.2 Å². The molecule has 1 aliphatic carbocycles. The molecule has 0 radical (unpaired) electrons. The summed E-state index contributed by atoms with van der Waals surface area (Å²) in [6, 6.07) is 15.4. The van der Waals surface area contributed by atoms with E-state index in [0.717, 1.165) is 24.0 Å². The first kappa shape index (κ1) is 30.8. The first-order valence-corrected chi connectivity index (χ1v) is 15.7. The quantitative estimate of drug-likeness (QED) is 0.318. The molecule has 3 atom stereocenters. The van der Waals surface area contributed by atoms with Gasteiger partial charge in [0.25, 0.3) is 5.91 Å². The number of carbonyl (C=O) groups excluding carboxylic acids is 3. The number of rotatable bonds is 8. The van der Waals surface area contributed by atoms with Gasteiger partial charge in [0.05, 0.1) is 32.1 Å². The van der Waals surface area contributed by atoms with Gasteiger partial charge < -0.3 is 29.1 Å². The second kappa shape index (κ2) is 13.0. The Bertz CT molecular complexity index is 1630. The first-order chi connectivity index (χ1) is 21.8. The number of phenols is 1. The molecule has 0 saturated heterocycles. The maximum Gasteiger partial charge on any atom is 0.310 e. The Hall–Kier alpha value is -4.24. The summed E-state index contributed by atoms with van der Waals surface area (Å²) in [4.78, 5) is 44.9. The van der Waals surface area contributed by atoms with E-state index in [1.807, 2.05) is 24.3 Å². The Morgan fingerprint density at radius 2 is 1.78 bits per heavy atom. The number of amides is 2. The lowest BCUT2D eigenvalue weighted by Crippen LogP contribution is -2.50. The standard InChI is InChI=1S/C35H37ClN2O7/c1-43-23-12-11-22(31(17-23)44-2)20-45-35(42)26-10-6-5-9-25(26)34(41)38-16-15-27-28(36)13-14-30(39)32(27)29(38)19-37-18-21-7-3-4-8-24(21)33(37)40/h3-4,7-8,11-14,17,25-26,29,39H,5-6,9-10,15-16,18-20H2,1-2H3. The third-order valence-corrected chi connectivity index (χ3v) is 9.77. The van der Waals surface area contributed by atoms with Crippen molar-refractivity contribution in [1.82, 2.24) is 9.80 Å². The zero-order valence-electron chi connectivity index (χ0n) is 25.5. The van der Waals surface area contributed by atoms with Gasteiger partial charge in [0.1, 0.15) is 23.9 Å². The van der Waals surface area contributed by atoms with Crippen molar-refractivity contribution < 1.29 is 33.7 Å². The predicted molar refractivity (Wildman–Crippen MR) is 167 cm³/mol. The summed E-state index contributed by atoms with van der Waals surface area (Å²) < 4.78 is 16.5. The van der Waals surface area contributed by atoms with Crippen LogP contribution in [0, 0.1) is 11.8 Å². The summed E-state index contributed by atoms with van der Waals surface area (Å²) in [6.45, 7) is 0.972. The van der Waals surface area contributed by atoms with Crippen LogP contribution in [-0.2, 0) is 33.9 Å². The van der Waals surface area contributed by atoms with E-state index < -0.39 is 23.8 Å². The molecule has 45 heavy (non-hydrogen) atoms. The second-order valence-corrected chi connectivity index (χ2v) is 12.3. The molecule has 0 spiro atoms. The number of carbonyl (C=O) groups is 3. The summed E-state index contributed by atoms with van der Waals surface area (Å²) in [5, 5.41) is 11.6. The van der Waals surface area contributed by atoms with Crippen molar-refractivity contribution >= 4 is 29.4 Å². The van der Waals surface area contributed by atoms with Crippen molar-refractivity contribution in [2.75, 3.05) is 27.3 Å². The molecular weight excluding hydrogens is 596 g/mol. The number of methoxy groups -OCH3 is 2. The predicted octanol–water partition coefficient (Wildman–Crippen LogP) is 5.69. The minimum Gasteiger partial charge on any atom is -0.508 e. The van der Waals surface area contributed by atoms with E-state index in [1.165, 1.54) is 6.07 Å². The smallest absolute Gasteiger partial charge is 0.310 e. The number of hydrogen-bond donors (Lipinski definition) is 1. The van der Waals surface area contributed by atoms with Crippen LogP contribution in [0.1, 0.15) is 64.3 Å². The van der Waals surface area contributed by atoms with E-state index in [4.69, 9.17) is 25.8 Å². The highest BCUT2D eigenvalue weighted by Gasteiger charge is 2.44. The van der Waals surface area contributed by atoms with E-state index >= 15 is 0 Å². The molecule has 1 fully saturated rings. The van der Waals surface area contributed by atoms with Gasteiger partial charge in [-0.25, -0.2) is 0 Å².